The van der Waals surface area contributed by atoms with Crippen molar-refractivity contribution in [2.45, 2.75) is 0 Å². The molecule has 2 heteroatoms. The van der Waals surface area contributed by atoms with E-state index in [4.69, 9.17) is 4.42 Å². The Balaban J connectivity index is 0.997. The van der Waals surface area contributed by atoms with Gasteiger partial charge in [0, 0.05) is 27.7 Å². The summed E-state index contributed by atoms with van der Waals surface area (Å²) in [6, 6.07) is 76.6. The second-order valence-corrected chi connectivity index (χ2v) is 14.5. The highest BCUT2D eigenvalue weighted by Gasteiger charge is 2.17. The third-order valence-electron chi connectivity index (χ3n) is 11.2. The van der Waals surface area contributed by atoms with Crippen molar-refractivity contribution >= 4 is 71.1 Å². The number of benzene rings is 10. The lowest BCUT2D eigenvalue weighted by Gasteiger charge is -2.27. The summed E-state index contributed by atoms with van der Waals surface area (Å²) in [5.74, 6) is 0.880. The highest BCUT2D eigenvalue weighted by atomic mass is 16.3. The number of anilines is 3. The van der Waals surface area contributed by atoms with Gasteiger partial charge in [0.1, 0.15) is 11.3 Å². The first kappa shape index (κ1) is 32.0. The Hall–Kier alpha value is -7.42. The molecule has 11 aromatic rings. The number of fused-ring (bicyclic) bond motifs is 6. The van der Waals surface area contributed by atoms with Gasteiger partial charge in [0.15, 0.2) is 0 Å². The minimum atomic E-state index is 0.880. The van der Waals surface area contributed by atoms with Gasteiger partial charge >= 0.3 is 0 Å². The van der Waals surface area contributed by atoms with Crippen LogP contribution in [-0.2, 0) is 0 Å². The van der Waals surface area contributed by atoms with E-state index in [-0.39, 0.29) is 0 Å². The number of hydrogen-bond acceptors (Lipinski definition) is 2. The van der Waals surface area contributed by atoms with Crippen LogP contribution < -0.4 is 4.90 Å². The Morgan fingerprint density at radius 2 is 0.911 bits per heavy atom. The van der Waals surface area contributed by atoms with Gasteiger partial charge in [0.05, 0.1) is 5.69 Å². The maximum absolute atomic E-state index is 6.21. The molecule has 0 atom stereocenters. The zero-order valence-electron chi connectivity index (χ0n) is 30.6. The van der Waals surface area contributed by atoms with E-state index in [9.17, 15) is 0 Å². The van der Waals surface area contributed by atoms with Gasteiger partial charge in [-0.05, 0) is 121 Å². The van der Waals surface area contributed by atoms with Crippen LogP contribution in [0.15, 0.2) is 217 Å². The van der Waals surface area contributed by atoms with Crippen LogP contribution in [0.4, 0.5) is 17.1 Å². The lowest BCUT2D eigenvalue weighted by Crippen LogP contribution is -2.10. The fourth-order valence-corrected chi connectivity index (χ4v) is 8.44. The van der Waals surface area contributed by atoms with Gasteiger partial charge in [0.25, 0.3) is 0 Å². The largest absolute Gasteiger partial charge is 0.456 e. The van der Waals surface area contributed by atoms with E-state index in [1.165, 1.54) is 59.8 Å². The third-order valence-corrected chi connectivity index (χ3v) is 11.2. The normalized spacial score (nSPS) is 11.6. The maximum atomic E-state index is 6.21. The number of hydrogen-bond donors (Lipinski definition) is 0. The number of rotatable bonds is 6. The van der Waals surface area contributed by atoms with Crippen molar-refractivity contribution in [1.82, 2.24) is 0 Å². The van der Waals surface area contributed by atoms with E-state index < -0.39 is 0 Å². The molecule has 0 aliphatic heterocycles. The summed E-state index contributed by atoms with van der Waals surface area (Å²) in [6.45, 7) is 0. The van der Waals surface area contributed by atoms with Crippen molar-refractivity contribution in [2.75, 3.05) is 4.90 Å². The Morgan fingerprint density at radius 3 is 1.77 bits per heavy atom. The molecule has 10 aromatic carbocycles. The van der Waals surface area contributed by atoms with Crippen LogP contribution in [0.5, 0.6) is 0 Å². The molecule has 11 rings (SSSR count). The standard InChI is InChI=1S/C54H35NO/c1-5-18-48-36(11-1)14-10-21-52(48)55(45-28-25-37(26-29-45)51-34-42-12-2-4-17-47(42)49-19-6-7-20-50(49)51)46-30-27-40-31-39(23-24-41(40)33-46)38-15-9-16-43(32-38)54-35-44-13-3-8-22-53(44)56-54/h1-35H. The van der Waals surface area contributed by atoms with Crippen LogP contribution in [0.25, 0.3) is 87.6 Å². The number of para-hydroxylation sites is 1. The zero-order chi connectivity index (χ0) is 37.0. The monoisotopic (exact) mass is 713 g/mol. The molecular weight excluding hydrogens is 679 g/mol. The Labute approximate surface area is 325 Å². The van der Waals surface area contributed by atoms with Crippen LogP contribution in [0.3, 0.4) is 0 Å². The Kier molecular flexibility index (Phi) is 7.53. The average Bonchev–Trinajstić information content (AvgIpc) is 3.71. The van der Waals surface area contributed by atoms with Crippen molar-refractivity contribution in [2.24, 2.45) is 0 Å². The van der Waals surface area contributed by atoms with Gasteiger partial charge in [-0.15, -0.1) is 0 Å². The molecule has 0 fully saturated rings. The fraction of sp³-hybridized carbons (Fsp3) is 0. The van der Waals surface area contributed by atoms with Gasteiger partial charge in [0.2, 0.25) is 0 Å². The molecule has 0 radical (unpaired) electrons. The third kappa shape index (κ3) is 5.51. The van der Waals surface area contributed by atoms with E-state index in [0.29, 0.717) is 0 Å². The maximum Gasteiger partial charge on any atom is 0.135 e. The molecule has 0 bridgehead atoms. The SMILES string of the molecule is c1cc(-c2ccc3cc(N(c4ccc(-c5cc6ccccc6c6ccccc56)cc4)c4cccc5ccccc45)ccc3c2)cc(-c2cc3ccccc3o2)c1. The highest BCUT2D eigenvalue weighted by molar-refractivity contribution is 6.14. The second kappa shape index (κ2) is 13.2. The Bertz CT molecular complexity index is 3220. The summed E-state index contributed by atoms with van der Waals surface area (Å²) < 4.78 is 6.21. The smallest absolute Gasteiger partial charge is 0.135 e. The summed E-state index contributed by atoms with van der Waals surface area (Å²) in [4.78, 5) is 2.40. The molecule has 0 spiro atoms. The van der Waals surface area contributed by atoms with Gasteiger partial charge in [-0.2, -0.15) is 0 Å². The summed E-state index contributed by atoms with van der Waals surface area (Å²) in [7, 11) is 0. The topological polar surface area (TPSA) is 16.4 Å². The molecule has 0 unspecified atom stereocenters. The van der Waals surface area contributed by atoms with Crippen molar-refractivity contribution in [1.29, 1.82) is 0 Å². The van der Waals surface area contributed by atoms with Crippen molar-refractivity contribution in [3.63, 3.8) is 0 Å². The van der Waals surface area contributed by atoms with Gasteiger partial charge in [-0.25, -0.2) is 0 Å². The lowest BCUT2D eigenvalue weighted by molar-refractivity contribution is 0.631. The molecule has 262 valence electrons. The predicted molar refractivity (Wildman–Crippen MR) is 237 cm³/mol. The van der Waals surface area contributed by atoms with Crippen LogP contribution in [-0.4, -0.2) is 0 Å². The number of nitrogens with zero attached hydrogens (tertiary/aromatic N) is 1. The molecule has 2 nitrogen and oxygen atoms in total. The summed E-state index contributed by atoms with van der Waals surface area (Å²) >= 11 is 0. The summed E-state index contributed by atoms with van der Waals surface area (Å²) in [6.07, 6.45) is 0. The predicted octanol–water partition coefficient (Wildman–Crippen LogP) is 15.5. The molecule has 56 heavy (non-hydrogen) atoms. The summed E-state index contributed by atoms with van der Waals surface area (Å²) in [5.41, 5.74) is 10.1. The molecule has 0 aliphatic rings. The first-order valence-electron chi connectivity index (χ1n) is 19.2. The molecule has 0 saturated heterocycles. The van der Waals surface area contributed by atoms with Crippen LogP contribution >= 0.6 is 0 Å². The van der Waals surface area contributed by atoms with E-state index in [1.807, 2.05) is 18.2 Å². The minimum absolute atomic E-state index is 0.880. The van der Waals surface area contributed by atoms with Gasteiger partial charge in [-0.1, -0.05) is 152 Å². The van der Waals surface area contributed by atoms with Crippen molar-refractivity contribution in [3.8, 4) is 33.6 Å². The summed E-state index contributed by atoms with van der Waals surface area (Å²) in [5, 5.41) is 11.0. The molecular formula is C54H35NO. The molecule has 1 aromatic heterocycles. The van der Waals surface area contributed by atoms with E-state index in [0.717, 1.165) is 44.9 Å². The van der Waals surface area contributed by atoms with Crippen LogP contribution in [0.1, 0.15) is 0 Å². The number of furan rings is 1. The molecule has 1 heterocycles. The minimum Gasteiger partial charge on any atom is -0.456 e. The second-order valence-electron chi connectivity index (χ2n) is 14.5. The van der Waals surface area contributed by atoms with E-state index in [2.05, 4.69) is 199 Å². The zero-order valence-corrected chi connectivity index (χ0v) is 30.6. The first-order valence-corrected chi connectivity index (χ1v) is 19.2. The van der Waals surface area contributed by atoms with Gasteiger partial charge in [-0.3, -0.25) is 0 Å². The van der Waals surface area contributed by atoms with Crippen LogP contribution in [0.2, 0.25) is 0 Å². The van der Waals surface area contributed by atoms with Crippen molar-refractivity contribution < 1.29 is 4.42 Å². The molecule has 0 N–H and O–H groups in total. The lowest BCUT2D eigenvalue weighted by atomic mass is 9.93. The molecule has 0 amide bonds. The fourth-order valence-electron chi connectivity index (χ4n) is 8.44. The van der Waals surface area contributed by atoms with Crippen LogP contribution in [0, 0.1) is 0 Å². The molecule has 0 saturated carbocycles. The quantitative estimate of drug-likeness (QED) is 0.160. The van der Waals surface area contributed by atoms with Gasteiger partial charge < -0.3 is 9.32 Å². The van der Waals surface area contributed by atoms with Crippen molar-refractivity contribution in [3.05, 3.63) is 212 Å². The van der Waals surface area contributed by atoms with E-state index in [1.54, 1.807) is 0 Å². The highest BCUT2D eigenvalue weighted by Crippen LogP contribution is 2.42. The first-order chi connectivity index (χ1) is 27.7. The molecule has 0 aliphatic carbocycles. The van der Waals surface area contributed by atoms with E-state index >= 15 is 0 Å². The average molecular weight is 714 g/mol. The Morgan fingerprint density at radius 1 is 0.304 bits per heavy atom.